The summed E-state index contributed by atoms with van der Waals surface area (Å²) in [5.41, 5.74) is 1.08. The zero-order valence-corrected chi connectivity index (χ0v) is 12.9. The lowest BCUT2D eigenvalue weighted by molar-refractivity contribution is -0.122. The molecule has 19 heavy (non-hydrogen) atoms. The molecule has 1 amide bonds. The zero-order chi connectivity index (χ0) is 13.8. The minimum absolute atomic E-state index is 0.0960. The number of amides is 1. The van der Waals surface area contributed by atoms with Crippen LogP contribution in [0.4, 0.5) is 5.69 Å². The Hall–Kier alpha value is -1.07. The van der Waals surface area contributed by atoms with Crippen LogP contribution in [0.3, 0.4) is 0 Å². The van der Waals surface area contributed by atoms with Crippen molar-refractivity contribution in [2.24, 2.45) is 5.92 Å². The van der Waals surface area contributed by atoms with Gasteiger partial charge in [-0.1, -0.05) is 28.9 Å². The molecule has 1 saturated heterocycles. The Morgan fingerprint density at radius 1 is 1.53 bits per heavy atom. The van der Waals surface area contributed by atoms with Gasteiger partial charge in [-0.15, -0.1) is 0 Å². The van der Waals surface area contributed by atoms with Crippen molar-refractivity contribution in [1.29, 1.82) is 0 Å². The third-order valence-electron chi connectivity index (χ3n) is 3.35. The molecular weight excluding hydrogens is 306 g/mol. The summed E-state index contributed by atoms with van der Waals surface area (Å²) in [6, 6.07) is 7.96. The summed E-state index contributed by atoms with van der Waals surface area (Å²) >= 11 is 3.49. The quantitative estimate of drug-likeness (QED) is 0.887. The van der Waals surface area contributed by atoms with Gasteiger partial charge in [-0.2, -0.15) is 0 Å². The van der Waals surface area contributed by atoms with Crippen molar-refractivity contribution in [1.82, 2.24) is 10.6 Å². The first-order valence-corrected chi connectivity index (χ1v) is 7.35. The molecule has 2 unspecified atom stereocenters. The summed E-state index contributed by atoms with van der Waals surface area (Å²) in [7, 11) is 1.88. The topological polar surface area (TPSA) is 44.4 Å². The van der Waals surface area contributed by atoms with Crippen LogP contribution in [0, 0.1) is 5.92 Å². The van der Waals surface area contributed by atoms with E-state index in [1.165, 1.54) is 0 Å². The lowest BCUT2D eigenvalue weighted by Gasteiger charge is -2.31. The second-order valence-electron chi connectivity index (χ2n) is 5.06. The van der Waals surface area contributed by atoms with E-state index in [9.17, 15) is 4.79 Å². The first-order valence-electron chi connectivity index (χ1n) is 6.56. The van der Waals surface area contributed by atoms with Crippen LogP contribution in [-0.2, 0) is 4.79 Å². The molecule has 0 saturated carbocycles. The third-order valence-corrected chi connectivity index (χ3v) is 3.84. The lowest BCUT2D eigenvalue weighted by atomic mass is 10.1. The Morgan fingerprint density at radius 3 is 3.00 bits per heavy atom. The number of nitrogens with one attached hydrogen (secondary N) is 2. The normalized spacial score (nSPS) is 23.9. The SMILES string of the molecule is CNCC1C(=O)NCC(C)CN1c1cccc(Br)c1. The molecule has 1 aliphatic rings. The third kappa shape index (κ3) is 3.48. The molecule has 0 bridgehead atoms. The van der Waals surface area contributed by atoms with Crippen molar-refractivity contribution in [2.45, 2.75) is 13.0 Å². The molecule has 2 atom stereocenters. The van der Waals surface area contributed by atoms with Crippen molar-refractivity contribution in [3.05, 3.63) is 28.7 Å². The van der Waals surface area contributed by atoms with Crippen LogP contribution in [0.1, 0.15) is 6.92 Å². The van der Waals surface area contributed by atoms with Crippen LogP contribution in [0.25, 0.3) is 0 Å². The fourth-order valence-electron chi connectivity index (χ4n) is 2.40. The first-order chi connectivity index (χ1) is 9.11. The van der Waals surface area contributed by atoms with Crippen LogP contribution in [0.15, 0.2) is 28.7 Å². The molecule has 0 radical (unpaired) electrons. The van der Waals surface area contributed by atoms with Crippen molar-refractivity contribution >= 4 is 27.5 Å². The fourth-order valence-corrected chi connectivity index (χ4v) is 2.79. The summed E-state index contributed by atoms with van der Waals surface area (Å²) in [5.74, 6) is 0.531. The van der Waals surface area contributed by atoms with Crippen molar-refractivity contribution in [2.75, 3.05) is 31.6 Å². The van der Waals surface area contributed by atoms with Gasteiger partial charge in [0.2, 0.25) is 5.91 Å². The molecule has 2 N–H and O–H groups in total. The number of benzene rings is 1. The average Bonchev–Trinajstić information content (AvgIpc) is 2.52. The van der Waals surface area contributed by atoms with Gasteiger partial charge >= 0.3 is 0 Å². The number of anilines is 1. The molecule has 4 nitrogen and oxygen atoms in total. The van der Waals surface area contributed by atoms with E-state index < -0.39 is 0 Å². The standard InChI is InChI=1S/C14H20BrN3O/c1-10-7-17-14(19)13(8-16-2)18(9-10)12-5-3-4-11(15)6-12/h3-6,10,13,16H,7-9H2,1-2H3,(H,17,19). The van der Waals surface area contributed by atoms with Crippen LogP contribution < -0.4 is 15.5 Å². The number of carbonyl (C=O) groups is 1. The van der Waals surface area contributed by atoms with Crippen LogP contribution in [0.2, 0.25) is 0 Å². The maximum Gasteiger partial charge on any atom is 0.244 e. The predicted octanol–water partition coefficient (Wildman–Crippen LogP) is 1.61. The summed E-state index contributed by atoms with van der Waals surface area (Å²) < 4.78 is 1.03. The number of likely N-dealkylation sites (N-methyl/N-ethyl adjacent to an activating group) is 1. The van der Waals surface area contributed by atoms with Gasteiger partial charge in [-0.05, 0) is 31.2 Å². The number of halogens is 1. The largest absolute Gasteiger partial charge is 0.358 e. The van der Waals surface area contributed by atoms with Gasteiger partial charge in [0.05, 0.1) is 0 Å². The molecule has 1 fully saturated rings. The number of rotatable bonds is 3. The minimum atomic E-state index is -0.163. The molecular formula is C14H20BrN3O. The van der Waals surface area contributed by atoms with Gasteiger partial charge in [0.15, 0.2) is 0 Å². The maximum atomic E-state index is 12.2. The van der Waals surface area contributed by atoms with Crippen molar-refractivity contribution in [3.63, 3.8) is 0 Å². The maximum absolute atomic E-state index is 12.2. The van der Waals surface area contributed by atoms with Gasteiger partial charge in [0.1, 0.15) is 6.04 Å². The van der Waals surface area contributed by atoms with E-state index in [1.807, 2.05) is 19.2 Å². The van der Waals surface area contributed by atoms with Crippen LogP contribution >= 0.6 is 15.9 Å². The first kappa shape index (κ1) is 14.3. The molecule has 1 aromatic rings. The molecule has 0 aliphatic carbocycles. The molecule has 2 rings (SSSR count). The van der Waals surface area contributed by atoms with E-state index in [1.54, 1.807) is 0 Å². The second kappa shape index (κ2) is 6.39. The van der Waals surface area contributed by atoms with Gasteiger partial charge in [0, 0.05) is 29.8 Å². The highest BCUT2D eigenvalue weighted by atomic mass is 79.9. The van der Waals surface area contributed by atoms with Crippen LogP contribution in [-0.4, -0.2) is 38.6 Å². The van der Waals surface area contributed by atoms with Crippen LogP contribution in [0.5, 0.6) is 0 Å². The highest BCUT2D eigenvalue weighted by Crippen LogP contribution is 2.24. The predicted molar refractivity (Wildman–Crippen MR) is 81.4 cm³/mol. The van der Waals surface area contributed by atoms with Crippen molar-refractivity contribution in [3.8, 4) is 0 Å². The van der Waals surface area contributed by atoms with E-state index in [4.69, 9.17) is 0 Å². The Kier molecular flexibility index (Phi) is 4.82. The average molecular weight is 326 g/mol. The smallest absolute Gasteiger partial charge is 0.244 e. The van der Waals surface area contributed by atoms with Gasteiger partial charge in [-0.25, -0.2) is 0 Å². The van der Waals surface area contributed by atoms with E-state index in [0.717, 1.165) is 23.2 Å². The number of hydrogen-bond acceptors (Lipinski definition) is 3. The molecule has 1 aliphatic heterocycles. The van der Waals surface area contributed by atoms with E-state index in [0.29, 0.717) is 12.5 Å². The lowest BCUT2D eigenvalue weighted by Crippen LogP contribution is -2.49. The van der Waals surface area contributed by atoms with Gasteiger partial charge in [0.25, 0.3) is 0 Å². The molecule has 0 aromatic heterocycles. The Labute approximate surface area is 122 Å². The van der Waals surface area contributed by atoms with E-state index in [2.05, 4.69) is 50.5 Å². The molecule has 1 heterocycles. The minimum Gasteiger partial charge on any atom is -0.358 e. The number of carbonyl (C=O) groups excluding carboxylic acids is 1. The Balaban J connectivity index is 2.32. The summed E-state index contributed by atoms with van der Waals surface area (Å²) in [6.07, 6.45) is 0. The highest BCUT2D eigenvalue weighted by Gasteiger charge is 2.30. The van der Waals surface area contributed by atoms with Gasteiger partial charge in [-0.3, -0.25) is 4.79 Å². The molecule has 5 heteroatoms. The summed E-state index contributed by atoms with van der Waals surface area (Å²) in [4.78, 5) is 14.4. The fraction of sp³-hybridized carbons (Fsp3) is 0.500. The molecule has 1 aromatic carbocycles. The summed E-state index contributed by atoms with van der Waals surface area (Å²) in [6.45, 7) is 4.42. The van der Waals surface area contributed by atoms with E-state index in [-0.39, 0.29) is 11.9 Å². The Bertz CT molecular complexity index is 452. The molecule has 104 valence electrons. The number of nitrogens with zero attached hydrogens (tertiary/aromatic N) is 1. The monoisotopic (exact) mass is 325 g/mol. The van der Waals surface area contributed by atoms with Gasteiger partial charge < -0.3 is 15.5 Å². The highest BCUT2D eigenvalue weighted by molar-refractivity contribution is 9.10. The van der Waals surface area contributed by atoms with E-state index >= 15 is 0 Å². The molecule has 0 spiro atoms. The summed E-state index contributed by atoms with van der Waals surface area (Å²) in [5, 5.41) is 6.12. The zero-order valence-electron chi connectivity index (χ0n) is 11.3. The van der Waals surface area contributed by atoms with Crippen molar-refractivity contribution < 1.29 is 4.79 Å². The second-order valence-corrected chi connectivity index (χ2v) is 5.97. The number of hydrogen-bond donors (Lipinski definition) is 2. The Morgan fingerprint density at radius 2 is 2.32 bits per heavy atom.